The summed E-state index contributed by atoms with van der Waals surface area (Å²) in [6.45, 7) is -1.78. The topological polar surface area (TPSA) is 263 Å². The molecular formula is C22H26F2O16S. The van der Waals surface area contributed by atoms with E-state index < -0.39 is 130 Å². The third-order valence-corrected chi connectivity index (χ3v) is 7.18. The lowest BCUT2D eigenvalue weighted by molar-refractivity contribution is -0.352. The molecule has 10 atom stereocenters. The third kappa shape index (κ3) is 6.35. The summed E-state index contributed by atoms with van der Waals surface area (Å²) >= 11 is 0. The molecule has 3 heterocycles. The van der Waals surface area contributed by atoms with Gasteiger partial charge >= 0.3 is 5.63 Å². The molecule has 0 spiro atoms. The van der Waals surface area contributed by atoms with E-state index in [0.29, 0.717) is 12.1 Å². The zero-order chi connectivity index (χ0) is 30.4. The second kappa shape index (κ2) is 12.1. The fraction of sp³-hybridized carbons (Fsp3) is 0.591. The summed E-state index contributed by atoms with van der Waals surface area (Å²) < 4.78 is 87.5. The van der Waals surface area contributed by atoms with Crippen molar-refractivity contribution in [3.05, 3.63) is 39.8 Å². The van der Waals surface area contributed by atoms with Crippen molar-refractivity contribution in [3.63, 3.8) is 0 Å². The predicted octanol–water partition coefficient (Wildman–Crippen LogP) is -3.54. The van der Waals surface area contributed by atoms with Crippen LogP contribution in [0.25, 0.3) is 11.0 Å². The number of hydrogen-bond acceptors (Lipinski definition) is 15. The minimum Gasteiger partial charge on any atom is -0.456 e. The van der Waals surface area contributed by atoms with E-state index in [4.69, 9.17) is 27.9 Å². The maximum atomic E-state index is 15.3. The molecule has 2 aliphatic heterocycles. The number of fused-ring (bicyclic) bond motifs is 1. The molecule has 8 N–H and O–H groups in total. The molecule has 0 bridgehead atoms. The Hall–Kier alpha value is -2.40. The standard InChI is InChI=1S/C22H26F2O16S/c23-8-2-7-6(5-41(33,34)35)1-11(27)38-18(7)12(24)19(8)39-22-17(32)15(30)20(10(4-26)37-22)40-21-16(31)14(29)13(28)9(3-25)36-21/h1-2,9-10,13-17,20-22,25-26,28-32H,3-5H2,(H,33,34,35)/t9?,10?,13-,14?,15?,16+,17+,20-,21+,22+/m1/s1. The number of aliphatic hydroxyl groups excluding tert-OH is 7. The van der Waals surface area contributed by atoms with Crippen molar-refractivity contribution >= 4 is 21.1 Å². The first-order chi connectivity index (χ1) is 19.2. The van der Waals surface area contributed by atoms with Crippen molar-refractivity contribution < 1.29 is 80.9 Å². The van der Waals surface area contributed by atoms with Crippen molar-refractivity contribution in [2.24, 2.45) is 0 Å². The molecule has 230 valence electrons. The van der Waals surface area contributed by atoms with Crippen molar-refractivity contribution in [1.82, 2.24) is 0 Å². The van der Waals surface area contributed by atoms with Gasteiger partial charge < -0.3 is 59.1 Å². The highest BCUT2D eigenvalue weighted by molar-refractivity contribution is 7.85. The smallest absolute Gasteiger partial charge is 0.336 e. The Labute approximate surface area is 228 Å². The summed E-state index contributed by atoms with van der Waals surface area (Å²) in [7, 11) is -4.73. The third-order valence-electron chi connectivity index (χ3n) is 6.50. The van der Waals surface area contributed by atoms with Gasteiger partial charge in [0, 0.05) is 11.5 Å². The molecule has 19 heteroatoms. The van der Waals surface area contributed by atoms with Gasteiger partial charge in [0.15, 0.2) is 23.4 Å². The maximum Gasteiger partial charge on any atom is 0.336 e. The molecule has 0 saturated carbocycles. The van der Waals surface area contributed by atoms with E-state index in [0.717, 1.165) is 0 Å². The van der Waals surface area contributed by atoms with Crippen LogP contribution < -0.4 is 10.4 Å². The first-order valence-corrected chi connectivity index (χ1v) is 13.4. The number of rotatable bonds is 8. The van der Waals surface area contributed by atoms with Crippen LogP contribution >= 0.6 is 0 Å². The highest BCUT2D eigenvalue weighted by Crippen LogP contribution is 2.35. The Morgan fingerprint density at radius 3 is 2.07 bits per heavy atom. The zero-order valence-corrected chi connectivity index (χ0v) is 21.4. The first kappa shape index (κ1) is 31.5. The van der Waals surface area contributed by atoms with Crippen molar-refractivity contribution in [2.45, 2.75) is 67.2 Å². The maximum absolute atomic E-state index is 15.3. The monoisotopic (exact) mass is 616 g/mol. The van der Waals surface area contributed by atoms with E-state index >= 15 is 4.39 Å². The number of halogens is 2. The highest BCUT2D eigenvalue weighted by Gasteiger charge is 2.51. The molecule has 2 aromatic rings. The van der Waals surface area contributed by atoms with Gasteiger partial charge in [0.25, 0.3) is 10.1 Å². The van der Waals surface area contributed by atoms with Crippen LogP contribution in [-0.2, 0) is 30.1 Å². The van der Waals surface area contributed by atoms with E-state index in [1.165, 1.54) is 0 Å². The van der Waals surface area contributed by atoms with Crippen LogP contribution in [0.15, 0.2) is 21.3 Å². The summed E-state index contributed by atoms with van der Waals surface area (Å²) in [5, 5.41) is 69.8. The van der Waals surface area contributed by atoms with Gasteiger partial charge in [-0.1, -0.05) is 0 Å². The number of benzene rings is 1. The Balaban J connectivity index is 1.60. The molecule has 2 aliphatic rings. The largest absolute Gasteiger partial charge is 0.456 e. The Morgan fingerprint density at radius 1 is 0.854 bits per heavy atom. The van der Waals surface area contributed by atoms with Gasteiger partial charge in [0.1, 0.15) is 54.6 Å². The Kier molecular flexibility index (Phi) is 9.28. The summed E-state index contributed by atoms with van der Waals surface area (Å²) in [6.07, 6.45) is -18.4. The molecule has 16 nitrogen and oxygen atoms in total. The van der Waals surface area contributed by atoms with Crippen LogP contribution in [-0.4, -0.2) is 123 Å². The second-order valence-corrected chi connectivity index (χ2v) is 10.8. The predicted molar refractivity (Wildman–Crippen MR) is 125 cm³/mol. The van der Waals surface area contributed by atoms with Gasteiger partial charge in [-0.25, -0.2) is 9.18 Å². The number of hydrogen-bond donors (Lipinski definition) is 8. The van der Waals surface area contributed by atoms with E-state index in [-0.39, 0.29) is 0 Å². The summed E-state index contributed by atoms with van der Waals surface area (Å²) in [5.74, 6) is -5.67. The van der Waals surface area contributed by atoms with Crippen LogP contribution in [0.1, 0.15) is 5.56 Å². The highest BCUT2D eigenvalue weighted by atomic mass is 32.2. The molecule has 1 aromatic heterocycles. The fourth-order valence-corrected chi connectivity index (χ4v) is 5.10. The van der Waals surface area contributed by atoms with Gasteiger partial charge in [-0.05, 0) is 11.6 Å². The average Bonchev–Trinajstić information content (AvgIpc) is 2.90. The lowest BCUT2D eigenvalue weighted by atomic mass is 9.97. The van der Waals surface area contributed by atoms with Gasteiger partial charge in [-0.2, -0.15) is 12.8 Å². The van der Waals surface area contributed by atoms with Gasteiger partial charge in [0.05, 0.1) is 13.2 Å². The molecule has 2 saturated heterocycles. The Bertz CT molecular complexity index is 1410. The molecule has 0 amide bonds. The molecular weight excluding hydrogens is 590 g/mol. The molecule has 0 aliphatic carbocycles. The van der Waals surface area contributed by atoms with Crippen molar-refractivity contribution in [1.29, 1.82) is 0 Å². The van der Waals surface area contributed by atoms with Crippen LogP contribution in [0.3, 0.4) is 0 Å². The zero-order valence-electron chi connectivity index (χ0n) is 20.6. The minimum atomic E-state index is -4.73. The molecule has 0 radical (unpaired) electrons. The number of ether oxygens (including phenoxy) is 4. The molecule has 1 aromatic carbocycles. The van der Waals surface area contributed by atoms with Crippen LogP contribution in [0.2, 0.25) is 0 Å². The van der Waals surface area contributed by atoms with Crippen molar-refractivity contribution in [3.8, 4) is 5.75 Å². The quantitative estimate of drug-likeness (QED) is 0.105. The normalized spacial score (nSPS) is 34.6. The average molecular weight is 616 g/mol. The number of aliphatic hydroxyl groups is 7. The minimum absolute atomic E-state index is 0.499. The second-order valence-electron chi connectivity index (χ2n) is 9.32. The van der Waals surface area contributed by atoms with Gasteiger partial charge in [-0.15, -0.1) is 0 Å². The van der Waals surface area contributed by atoms with Crippen molar-refractivity contribution in [2.75, 3.05) is 13.2 Å². The molecule has 4 unspecified atom stereocenters. The first-order valence-electron chi connectivity index (χ1n) is 11.8. The summed E-state index contributed by atoms with van der Waals surface area (Å²) in [5.41, 5.74) is -2.73. The van der Waals surface area contributed by atoms with E-state index in [1.807, 2.05) is 0 Å². The van der Waals surface area contributed by atoms with Crippen LogP contribution in [0.5, 0.6) is 5.75 Å². The summed E-state index contributed by atoms with van der Waals surface area (Å²) in [4.78, 5) is 11.9. The molecule has 41 heavy (non-hydrogen) atoms. The van der Waals surface area contributed by atoms with Crippen LogP contribution in [0.4, 0.5) is 8.78 Å². The lowest BCUT2D eigenvalue weighted by Crippen LogP contribution is -2.65. The SMILES string of the molecule is O=c1cc(CS(=O)(=O)O)c2cc(F)c(O[C@@H]3OC(CO)[C@@H](O[C@@H]4OC(CO)[C@@H](O)C(O)[C@@H]4O)C(O)[C@@H]3O)c(F)c2o1. The van der Waals surface area contributed by atoms with E-state index in [1.54, 1.807) is 0 Å². The fourth-order valence-electron chi connectivity index (χ4n) is 4.47. The lowest BCUT2D eigenvalue weighted by Gasteiger charge is -2.45. The Morgan fingerprint density at radius 2 is 1.46 bits per heavy atom. The van der Waals surface area contributed by atoms with E-state index in [2.05, 4.69) is 0 Å². The van der Waals surface area contributed by atoms with Gasteiger partial charge in [0.2, 0.25) is 12.1 Å². The van der Waals surface area contributed by atoms with Crippen LogP contribution in [0, 0.1) is 11.6 Å². The summed E-state index contributed by atoms with van der Waals surface area (Å²) in [6, 6.07) is 1.12. The molecule has 2 fully saturated rings. The van der Waals surface area contributed by atoms with E-state index in [9.17, 15) is 53.3 Å². The molecule has 4 rings (SSSR count). The van der Waals surface area contributed by atoms with Gasteiger partial charge in [-0.3, -0.25) is 4.55 Å².